The predicted octanol–water partition coefficient (Wildman–Crippen LogP) is 2.74. The molecule has 1 amide bonds. The summed E-state index contributed by atoms with van der Waals surface area (Å²) in [6.07, 6.45) is 0.636. The average molecular weight is 276 g/mol. The summed E-state index contributed by atoms with van der Waals surface area (Å²) in [5.41, 5.74) is 6.87. The molecule has 0 spiro atoms. The first-order valence-corrected chi connectivity index (χ1v) is 7.13. The standard InChI is InChI=1S/C16H24N2O2/c1-16(2,3)20-15(19)18-10-13(9-14(17)11-18)12-7-5-4-6-8-12/h4-8,13-14H,9-11,17H2,1-3H3/t13-,14-/m1/s1. The number of rotatable bonds is 1. The highest BCUT2D eigenvalue weighted by Crippen LogP contribution is 2.27. The van der Waals surface area contributed by atoms with Crippen molar-refractivity contribution in [2.45, 2.75) is 44.8 Å². The van der Waals surface area contributed by atoms with Crippen molar-refractivity contribution in [2.24, 2.45) is 5.73 Å². The molecule has 0 aromatic heterocycles. The number of carbonyl (C=O) groups excluding carboxylic acids is 1. The Morgan fingerprint density at radius 3 is 2.50 bits per heavy atom. The van der Waals surface area contributed by atoms with Gasteiger partial charge < -0.3 is 15.4 Å². The number of nitrogens with two attached hydrogens (primary N) is 1. The number of piperidine rings is 1. The van der Waals surface area contributed by atoms with Crippen molar-refractivity contribution in [1.82, 2.24) is 4.90 Å². The monoisotopic (exact) mass is 276 g/mol. The second kappa shape index (κ2) is 5.83. The third-order valence-corrected chi connectivity index (χ3v) is 3.41. The zero-order valence-electron chi connectivity index (χ0n) is 12.5. The molecule has 1 fully saturated rings. The number of carbonyl (C=O) groups is 1. The molecule has 110 valence electrons. The lowest BCUT2D eigenvalue weighted by atomic mass is 9.88. The summed E-state index contributed by atoms with van der Waals surface area (Å²) in [5.74, 6) is 0.285. The first-order chi connectivity index (χ1) is 9.35. The zero-order valence-corrected chi connectivity index (χ0v) is 12.5. The van der Waals surface area contributed by atoms with Gasteiger partial charge in [0.25, 0.3) is 0 Å². The van der Waals surface area contributed by atoms with Crippen molar-refractivity contribution < 1.29 is 9.53 Å². The lowest BCUT2D eigenvalue weighted by Gasteiger charge is -2.37. The number of ether oxygens (including phenoxy) is 1. The normalized spacial score (nSPS) is 23.5. The Balaban J connectivity index is 2.07. The summed E-state index contributed by atoms with van der Waals surface area (Å²) in [6, 6.07) is 10.2. The van der Waals surface area contributed by atoms with Crippen LogP contribution in [0.25, 0.3) is 0 Å². The third kappa shape index (κ3) is 3.97. The van der Waals surface area contributed by atoms with E-state index in [1.807, 2.05) is 39.0 Å². The molecule has 0 radical (unpaired) electrons. The molecule has 0 unspecified atom stereocenters. The topological polar surface area (TPSA) is 55.6 Å². The molecule has 4 heteroatoms. The molecule has 0 aliphatic carbocycles. The van der Waals surface area contributed by atoms with E-state index in [9.17, 15) is 4.79 Å². The van der Waals surface area contributed by atoms with Crippen molar-refractivity contribution in [2.75, 3.05) is 13.1 Å². The lowest BCUT2D eigenvalue weighted by molar-refractivity contribution is 0.0181. The van der Waals surface area contributed by atoms with Crippen LogP contribution in [-0.4, -0.2) is 35.7 Å². The first kappa shape index (κ1) is 14.9. The molecule has 20 heavy (non-hydrogen) atoms. The maximum Gasteiger partial charge on any atom is 0.410 e. The van der Waals surface area contributed by atoms with Crippen LogP contribution in [0, 0.1) is 0 Å². The fourth-order valence-electron chi connectivity index (χ4n) is 2.58. The highest BCUT2D eigenvalue weighted by atomic mass is 16.6. The van der Waals surface area contributed by atoms with E-state index in [0.29, 0.717) is 13.1 Å². The number of benzene rings is 1. The van der Waals surface area contributed by atoms with Crippen molar-refractivity contribution in [3.8, 4) is 0 Å². The van der Waals surface area contributed by atoms with E-state index in [-0.39, 0.29) is 18.1 Å². The molecule has 2 atom stereocenters. The van der Waals surface area contributed by atoms with E-state index >= 15 is 0 Å². The number of amides is 1. The molecular weight excluding hydrogens is 252 g/mol. The van der Waals surface area contributed by atoms with Gasteiger partial charge in [0.05, 0.1) is 0 Å². The average Bonchev–Trinajstić information content (AvgIpc) is 2.37. The number of hydrogen-bond acceptors (Lipinski definition) is 3. The van der Waals surface area contributed by atoms with Gasteiger partial charge in [-0.3, -0.25) is 0 Å². The first-order valence-electron chi connectivity index (χ1n) is 7.13. The maximum atomic E-state index is 12.2. The zero-order chi connectivity index (χ0) is 14.8. The van der Waals surface area contributed by atoms with E-state index in [0.717, 1.165) is 6.42 Å². The summed E-state index contributed by atoms with van der Waals surface area (Å²) >= 11 is 0. The lowest BCUT2D eigenvalue weighted by Crippen LogP contribution is -2.50. The van der Waals surface area contributed by atoms with Crippen LogP contribution in [0.4, 0.5) is 4.79 Å². The van der Waals surface area contributed by atoms with Crippen LogP contribution in [0.15, 0.2) is 30.3 Å². The summed E-state index contributed by atoms with van der Waals surface area (Å²) in [4.78, 5) is 13.9. The highest BCUT2D eigenvalue weighted by Gasteiger charge is 2.31. The molecule has 0 bridgehead atoms. The molecule has 1 saturated heterocycles. The van der Waals surface area contributed by atoms with Crippen molar-refractivity contribution in [1.29, 1.82) is 0 Å². The molecule has 0 saturated carbocycles. The Labute approximate surface area is 120 Å². The van der Waals surface area contributed by atoms with E-state index in [1.54, 1.807) is 4.90 Å². The summed E-state index contributed by atoms with van der Waals surface area (Å²) in [6.45, 7) is 6.88. The predicted molar refractivity (Wildman–Crippen MR) is 79.6 cm³/mol. The van der Waals surface area contributed by atoms with Gasteiger partial charge in [0.2, 0.25) is 0 Å². The van der Waals surface area contributed by atoms with E-state index in [4.69, 9.17) is 10.5 Å². The molecule has 4 nitrogen and oxygen atoms in total. The summed E-state index contributed by atoms with van der Waals surface area (Å²) in [5, 5.41) is 0. The van der Waals surface area contributed by atoms with Gasteiger partial charge in [-0.1, -0.05) is 30.3 Å². The van der Waals surface area contributed by atoms with Crippen LogP contribution in [0.2, 0.25) is 0 Å². The van der Waals surface area contributed by atoms with E-state index in [2.05, 4.69) is 12.1 Å². The molecule has 2 N–H and O–H groups in total. The van der Waals surface area contributed by atoms with Crippen molar-refractivity contribution in [3.05, 3.63) is 35.9 Å². The van der Waals surface area contributed by atoms with Gasteiger partial charge in [-0.05, 0) is 32.8 Å². The Bertz CT molecular complexity index is 453. The van der Waals surface area contributed by atoms with Gasteiger partial charge in [0.15, 0.2) is 0 Å². The molecule has 1 aromatic carbocycles. The van der Waals surface area contributed by atoms with Crippen LogP contribution >= 0.6 is 0 Å². The van der Waals surface area contributed by atoms with Gasteiger partial charge in [0.1, 0.15) is 5.60 Å². The van der Waals surface area contributed by atoms with Crippen molar-refractivity contribution >= 4 is 6.09 Å². The highest BCUT2D eigenvalue weighted by molar-refractivity contribution is 5.68. The summed E-state index contributed by atoms with van der Waals surface area (Å²) < 4.78 is 5.44. The number of likely N-dealkylation sites (tertiary alicyclic amines) is 1. The molecule has 1 heterocycles. The van der Waals surface area contributed by atoms with Crippen molar-refractivity contribution in [3.63, 3.8) is 0 Å². The molecule has 1 aromatic rings. The fourth-order valence-corrected chi connectivity index (χ4v) is 2.58. The van der Waals surface area contributed by atoms with Crippen LogP contribution in [0.1, 0.15) is 38.7 Å². The quantitative estimate of drug-likeness (QED) is 0.858. The maximum absolute atomic E-state index is 12.2. The second-order valence-electron chi connectivity index (χ2n) is 6.49. The van der Waals surface area contributed by atoms with Gasteiger partial charge in [0, 0.05) is 25.0 Å². The molecule has 2 rings (SSSR count). The minimum absolute atomic E-state index is 0.00137. The van der Waals surface area contributed by atoms with Crippen LogP contribution in [-0.2, 0) is 4.74 Å². The van der Waals surface area contributed by atoms with Gasteiger partial charge in [-0.15, -0.1) is 0 Å². The number of hydrogen-bond donors (Lipinski definition) is 1. The Kier molecular flexibility index (Phi) is 4.33. The van der Waals surface area contributed by atoms with E-state index in [1.165, 1.54) is 5.56 Å². The molecule has 1 aliphatic rings. The number of nitrogens with zero attached hydrogens (tertiary/aromatic N) is 1. The van der Waals surface area contributed by atoms with Gasteiger partial charge in [-0.25, -0.2) is 4.79 Å². The fraction of sp³-hybridized carbons (Fsp3) is 0.562. The van der Waals surface area contributed by atoms with Gasteiger partial charge in [-0.2, -0.15) is 0 Å². The molecular formula is C16H24N2O2. The Morgan fingerprint density at radius 2 is 1.90 bits per heavy atom. The van der Waals surface area contributed by atoms with Crippen LogP contribution in [0.5, 0.6) is 0 Å². The van der Waals surface area contributed by atoms with Gasteiger partial charge >= 0.3 is 6.09 Å². The summed E-state index contributed by atoms with van der Waals surface area (Å²) in [7, 11) is 0. The van der Waals surface area contributed by atoms with Crippen LogP contribution in [0.3, 0.4) is 0 Å². The largest absolute Gasteiger partial charge is 0.444 e. The smallest absolute Gasteiger partial charge is 0.410 e. The minimum Gasteiger partial charge on any atom is -0.444 e. The molecule has 1 aliphatic heterocycles. The van der Waals surface area contributed by atoms with Crippen LogP contribution < -0.4 is 5.73 Å². The third-order valence-electron chi connectivity index (χ3n) is 3.41. The van der Waals surface area contributed by atoms with E-state index < -0.39 is 5.60 Å². The SMILES string of the molecule is CC(C)(C)OC(=O)N1C[C@H](N)C[C@@H](c2ccccc2)C1. The minimum atomic E-state index is -0.471. The second-order valence-corrected chi connectivity index (χ2v) is 6.49. The Morgan fingerprint density at radius 1 is 1.25 bits per heavy atom. The Hall–Kier alpha value is -1.55.